The fraction of sp³-hybridized carbons (Fsp3) is 0.412. The summed E-state index contributed by atoms with van der Waals surface area (Å²) in [6.07, 6.45) is 1.16. The number of nitrogens with zero attached hydrogens (tertiary/aromatic N) is 2. The molecule has 0 saturated heterocycles. The number of hydrogen-bond acceptors (Lipinski definition) is 4. The van der Waals surface area contributed by atoms with Crippen molar-refractivity contribution in [3.8, 4) is 56.6 Å². The first-order valence-corrected chi connectivity index (χ1v) is 33.2. The van der Waals surface area contributed by atoms with Crippen LogP contribution in [0.5, 0.6) is 23.0 Å². The van der Waals surface area contributed by atoms with Crippen LogP contribution in [0.25, 0.3) is 77.2 Å². The Labute approximate surface area is 598 Å². The van der Waals surface area contributed by atoms with Crippen LogP contribution in [0.4, 0.5) is 26.3 Å². The van der Waals surface area contributed by atoms with Gasteiger partial charge in [0.1, 0.15) is 23.0 Å². The van der Waals surface area contributed by atoms with Gasteiger partial charge in [-0.3, -0.25) is 0 Å². The molecule has 0 amide bonds. The van der Waals surface area contributed by atoms with Crippen LogP contribution in [0.15, 0.2) is 109 Å². The van der Waals surface area contributed by atoms with E-state index in [1.165, 1.54) is 0 Å². The first-order chi connectivity index (χ1) is 43.7. The second-order valence-electron chi connectivity index (χ2n) is 34.4. The number of benzene rings is 8. The van der Waals surface area contributed by atoms with Gasteiger partial charge in [0.05, 0.1) is 57.8 Å². The Balaban J connectivity index is 0.00000451. The van der Waals surface area contributed by atoms with E-state index in [1.54, 1.807) is 12.1 Å². The predicted octanol–water partition coefficient (Wildman–Crippen LogP) is 24.8. The Morgan fingerprint density at radius 2 is 0.612 bits per heavy atom. The van der Waals surface area contributed by atoms with Gasteiger partial charge in [-0.2, -0.15) is 0 Å². The summed E-state index contributed by atoms with van der Waals surface area (Å²) < 4.78 is 114. The average molecular weight is 1510 g/mol. The minimum Gasteiger partial charge on any atom is -0.505 e. The van der Waals surface area contributed by atoms with Crippen LogP contribution in [-0.4, -0.2) is 32.6 Å². The van der Waals surface area contributed by atoms with E-state index in [4.69, 9.17) is 9.47 Å². The van der Waals surface area contributed by atoms with Crippen LogP contribution >= 0.6 is 0 Å². The molecule has 524 valence electrons. The molecule has 0 radical (unpaired) electrons. The molecule has 0 atom stereocenters. The SMILES string of the molecule is CC(C)(C)CC(C)(C)c1cc(-c2c(OCCCOc3cc(F)c(F)c(F)c3-c3cc(C(C)(C)CC(C)(C)C)cc(-n4c5ccc(C(C)(C)C)cc5c5cc(C(C)(C)C)ccc54)c3O)cc(F)c(F)c2F)c(O)c(-n2c3ccc(C(C)(C)C)cc3c3cc(C(C)(C)C)ccc32)c1.[CH3-].[CH3-].[Hf]. The second kappa shape index (κ2) is 27.2. The maximum absolute atomic E-state index is 17.1. The van der Waals surface area contributed by atoms with Crippen LogP contribution in [0.2, 0.25) is 0 Å². The molecule has 10 aromatic rings. The van der Waals surface area contributed by atoms with Crippen LogP contribution < -0.4 is 9.47 Å². The van der Waals surface area contributed by atoms with Crippen molar-refractivity contribution in [2.45, 2.75) is 204 Å². The topological polar surface area (TPSA) is 68.8 Å². The number of fused-ring (bicyclic) bond motifs is 6. The van der Waals surface area contributed by atoms with Gasteiger partial charge in [0.2, 0.25) is 0 Å². The first-order valence-electron chi connectivity index (χ1n) is 33.2. The molecule has 10 rings (SSSR count). The van der Waals surface area contributed by atoms with E-state index in [-0.39, 0.29) is 115 Å². The molecule has 0 bridgehead atoms. The Bertz CT molecular complexity index is 4240. The molecule has 0 unspecified atom stereocenters. The van der Waals surface area contributed by atoms with Crippen molar-refractivity contribution in [3.05, 3.63) is 192 Å². The Morgan fingerprint density at radius 3 is 0.857 bits per heavy atom. The Morgan fingerprint density at radius 1 is 0.347 bits per heavy atom. The number of hydrogen-bond donors (Lipinski definition) is 2. The molecular weight excluding hydrogens is 1410 g/mol. The van der Waals surface area contributed by atoms with E-state index < -0.39 is 79.9 Å². The zero-order chi connectivity index (χ0) is 70.2. The quantitative estimate of drug-likeness (QED) is 0.0374. The molecule has 0 fully saturated rings. The molecule has 13 heteroatoms. The van der Waals surface area contributed by atoms with Gasteiger partial charge in [0.25, 0.3) is 0 Å². The van der Waals surface area contributed by atoms with Crippen molar-refractivity contribution >= 4 is 43.6 Å². The van der Waals surface area contributed by atoms with Crippen LogP contribution in [-0.2, 0) is 58.3 Å². The third-order valence-corrected chi connectivity index (χ3v) is 18.8. The maximum Gasteiger partial charge on any atom is 0.195 e. The summed E-state index contributed by atoms with van der Waals surface area (Å²) in [6, 6.07) is 33.5. The molecule has 2 heterocycles. The van der Waals surface area contributed by atoms with E-state index in [0.717, 1.165) is 78.0 Å². The molecule has 6 nitrogen and oxygen atoms in total. The summed E-state index contributed by atoms with van der Waals surface area (Å²) in [4.78, 5) is 0. The fourth-order valence-electron chi connectivity index (χ4n) is 14.3. The molecule has 98 heavy (non-hydrogen) atoms. The van der Waals surface area contributed by atoms with Gasteiger partial charge in [-0.1, -0.05) is 177 Å². The standard InChI is InChI=1S/C83H96F6N2O4.2CH3.Hf/c1-76(2,3)44-82(19,20)50-38-56(74(92)64(40-50)90-60-28-24-46(78(7,8)9)34-52(60)53-35-47(79(10,11)12)25-29-61(53)90)68-66(42-58(84)70(86)72(68)88)94-32-23-33-95-67-43-59(85)71(87)73(89)69(67)57-39-51(83(21,22)45-77(4,5)6)41-65(75(57)93)91-62-30-26-48(80(13,14)15)36-54(62)55-37-49(81(16,17)18)27-31-63(55)91;;;/h24-31,34-43,92-93H,23,32-33,44-45H2,1-22H3;2*1H3;/q;2*-1;. The number of ether oxygens (including phenoxy) is 2. The molecule has 0 aliphatic carbocycles. The third kappa shape index (κ3) is 15.2. The van der Waals surface area contributed by atoms with Crippen molar-refractivity contribution in [1.29, 1.82) is 0 Å². The van der Waals surface area contributed by atoms with E-state index in [2.05, 4.69) is 201 Å². The molecule has 0 spiro atoms. The number of aromatic hydroxyl groups is 2. The smallest absolute Gasteiger partial charge is 0.195 e. The van der Waals surface area contributed by atoms with Gasteiger partial charge >= 0.3 is 0 Å². The summed E-state index contributed by atoms with van der Waals surface area (Å²) in [6.45, 7) is 46.0. The van der Waals surface area contributed by atoms with Crippen molar-refractivity contribution < 1.29 is 71.9 Å². The maximum atomic E-state index is 17.1. The zero-order valence-corrected chi connectivity index (χ0v) is 65.9. The van der Waals surface area contributed by atoms with E-state index >= 15 is 26.3 Å². The van der Waals surface area contributed by atoms with Crippen molar-refractivity contribution in [2.75, 3.05) is 13.2 Å². The van der Waals surface area contributed by atoms with Crippen LogP contribution in [0, 0.1) is 60.6 Å². The third-order valence-electron chi connectivity index (χ3n) is 18.8. The monoisotopic (exact) mass is 1510 g/mol. The Kier molecular flexibility index (Phi) is 21.7. The van der Waals surface area contributed by atoms with E-state index in [1.807, 2.05) is 45.5 Å². The number of rotatable bonds is 14. The van der Waals surface area contributed by atoms with Gasteiger partial charge in [-0.15, -0.1) is 0 Å². The normalized spacial score (nSPS) is 12.9. The summed E-state index contributed by atoms with van der Waals surface area (Å²) in [7, 11) is 0. The van der Waals surface area contributed by atoms with E-state index in [9.17, 15) is 10.2 Å². The number of phenols is 2. The number of halogens is 6. The largest absolute Gasteiger partial charge is 0.505 e. The number of phenolic OH excluding ortho intramolecular Hbond substituents is 2. The summed E-state index contributed by atoms with van der Waals surface area (Å²) in [5.41, 5.74) is 5.47. The summed E-state index contributed by atoms with van der Waals surface area (Å²) >= 11 is 0. The van der Waals surface area contributed by atoms with Gasteiger partial charge in [0.15, 0.2) is 34.9 Å². The molecule has 2 N–H and O–H groups in total. The van der Waals surface area contributed by atoms with Crippen LogP contribution in [0.1, 0.15) is 205 Å². The Hall–Kier alpha value is -6.99. The van der Waals surface area contributed by atoms with Gasteiger partial charge in [0, 0.05) is 77.1 Å². The predicted molar refractivity (Wildman–Crippen MR) is 393 cm³/mol. The minimum atomic E-state index is -1.77. The first kappa shape index (κ1) is 78.3. The van der Waals surface area contributed by atoms with Crippen molar-refractivity contribution in [2.24, 2.45) is 10.8 Å². The molecule has 2 aromatic heterocycles. The van der Waals surface area contributed by atoms with Crippen molar-refractivity contribution in [3.63, 3.8) is 0 Å². The zero-order valence-electron chi connectivity index (χ0n) is 62.3. The fourth-order valence-corrected chi connectivity index (χ4v) is 14.3. The molecule has 0 aliphatic heterocycles. The van der Waals surface area contributed by atoms with E-state index in [0.29, 0.717) is 24.0 Å². The molecule has 0 aliphatic rings. The second-order valence-corrected chi connectivity index (χ2v) is 34.4. The number of aromatic nitrogens is 2. The van der Waals surface area contributed by atoms with Crippen LogP contribution in [0.3, 0.4) is 0 Å². The van der Waals surface area contributed by atoms with Gasteiger partial charge in [-0.05, 0) is 162 Å². The molecular formula is C85H102F6HfN2O4-2. The van der Waals surface area contributed by atoms with Gasteiger partial charge in [-0.25, -0.2) is 26.3 Å². The molecule has 8 aromatic carbocycles. The molecule has 0 saturated carbocycles. The van der Waals surface area contributed by atoms with Crippen molar-refractivity contribution in [1.82, 2.24) is 9.13 Å². The minimum absolute atomic E-state index is 0. The average Bonchev–Trinajstić information content (AvgIpc) is 1.54. The summed E-state index contributed by atoms with van der Waals surface area (Å²) in [5.74, 6) is -11.5. The van der Waals surface area contributed by atoms with Gasteiger partial charge < -0.3 is 43.7 Å². The summed E-state index contributed by atoms with van der Waals surface area (Å²) in [5, 5.41) is 29.6.